The zero-order chi connectivity index (χ0) is 21.2. The minimum Gasteiger partial charge on any atom is -0.494 e. The van der Waals surface area contributed by atoms with E-state index in [2.05, 4.69) is 5.32 Å². The second-order valence-electron chi connectivity index (χ2n) is 5.90. The third kappa shape index (κ3) is 6.33. The van der Waals surface area contributed by atoms with E-state index >= 15 is 0 Å². The molecular weight excluding hydrogens is 372 g/mol. The number of carbonyl (C=O) groups excluding carboxylic acids is 3. The molecule has 0 aliphatic heterocycles. The molecule has 0 radical (unpaired) electrons. The number of hydrogen-bond donors (Lipinski definition) is 1. The Morgan fingerprint density at radius 2 is 1.79 bits per heavy atom. The number of ether oxygens (including phenoxy) is 2. The summed E-state index contributed by atoms with van der Waals surface area (Å²) in [5, 5.41) is 11.7. The van der Waals surface area contributed by atoms with Crippen LogP contribution < -0.4 is 10.1 Å². The summed E-state index contributed by atoms with van der Waals surface area (Å²) in [4.78, 5) is 35.7. The van der Waals surface area contributed by atoms with E-state index in [4.69, 9.17) is 9.47 Å². The molecule has 29 heavy (non-hydrogen) atoms. The quantitative estimate of drug-likeness (QED) is 0.320. The maximum atomic E-state index is 12.1. The van der Waals surface area contributed by atoms with E-state index in [-0.39, 0.29) is 11.4 Å². The summed E-state index contributed by atoms with van der Waals surface area (Å²) >= 11 is 0. The van der Waals surface area contributed by atoms with E-state index in [1.54, 1.807) is 54.6 Å². The van der Waals surface area contributed by atoms with Crippen LogP contribution in [0.15, 0.2) is 54.1 Å². The Labute approximate surface area is 168 Å². The number of ketones is 1. The Balaban J connectivity index is 1.98. The van der Waals surface area contributed by atoms with Gasteiger partial charge in [-0.3, -0.25) is 9.59 Å². The predicted octanol–water partition coefficient (Wildman–Crippen LogP) is 3.38. The fourth-order valence-corrected chi connectivity index (χ4v) is 2.42. The molecular formula is C22H20N2O5. The highest BCUT2D eigenvalue weighted by Gasteiger charge is 2.15. The van der Waals surface area contributed by atoms with Gasteiger partial charge in [0.25, 0.3) is 5.91 Å². The molecule has 1 N–H and O–H groups in total. The van der Waals surface area contributed by atoms with Crippen molar-refractivity contribution in [3.8, 4) is 11.8 Å². The van der Waals surface area contributed by atoms with Gasteiger partial charge in [0.15, 0.2) is 12.4 Å². The first-order valence-electron chi connectivity index (χ1n) is 8.86. The molecule has 0 spiro atoms. The minimum atomic E-state index is -0.920. The standard InChI is InChI=1S/C22H20N2O5/c1-3-28-18-10-8-16(9-11-18)12-17(13-23)22(27)29-14-21(26)24-20-7-5-4-6-19(20)15(2)25/h4-12H,3,14H2,1-2H3,(H,24,26)/b17-12+. The van der Waals surface area contributed by atoms with Crippen molar-refractivity contribution in [2.75, 3.05) is 18.5 Å². The topological polar surface area (TPSA) is 105 Å². The molecule has 0 saturated carbocycles. The predicted molar refractivity (Wildman–Crippen MR) is 107 cm³/mol. The van der Waals surface area contributed by atoms with Crippen molar-refractivity contribution in [1.82, 2.24) is 0 Å². The smallest absolute Gasteiger partial charge is 0.349 e. The summed E-state index contributed by atoms with van der Waals surface area (Å²) in [5.74, 6) is -1.07. The Bertz CT molecular complexity index is 971. The van der Waals surface area contributed by atoms with Crippen LogP contribution in [-0.4, -0.2) is 30.9 Å². The largest absolute Gasteiger partial charge is 0.494 e. The number of nitriles is 1. The maximum absolute atomic E-state index is 12.1. The van der Waals surface area contributed by atoms with Gasteiger partial charge >= 0.3 is 5.97 Å². The van der Waals surface area contributed by atoms with Crippen molar-refractivity contribution < 1.29 is 23.9 Å². The zero-order valence-electron chi connectivity index (χ0n) is 16.1. The lowest BCUT2D eigenvalue weighted by molar-refractivity contribution is -0.142. The first-order valence-corrected chi connectivity index (χ1v) is 8.86. The van der Waals surface area contributed by atoms with Crippen molar-refractivity contribution in [2.45, 2.75) is 13.8 Å². The maximum Gasteiger partial charge on any atom is 0.349 e. The summed E-state index contributed by atoms with van der Waals surface area (Å²) in [6.45, 7) is 3.19. The molecule has 0 aliphatic carbocycles. The summed E-state index contributed by atoms with van der Waals surface area (Å²) < 4.78 is 10.2. The first-order chi connectivity index (χ1) is 13.9. The second kappa shape index (κ2) is 10.4. The average Bonchev–Trinajstić information content (AvgIpc) is 2.72. The molecule has 0 aromatic heterocycles. The lowest BCUT2D eigenvalue weighted by atomic mass is 10.1. The van der Waals surface area contributed by atoms with Crippen LogP contribution in [0.3, 0.4) is 0 Å². The van der Waals surface area contributed by atoms with Gasteiger partial charge in [0.1, 0.15) is 17.4 Å². The summed E-state index contributed by atoms with van der Waals surface area (Å²) in [7, 11) is 0. The molecule has 0 bridgehead atoms. The molecule has 7 nitrogen and oxygen atoms in total. The van der Waals surface area contributed by atoms with Gasteiger partial charge in [0, 0.05) is 5.56 Å². The van der Waals surface area contributed by atoms with Crippen molar-refractivity contribution in [2.24, 2.45) is 0 Å². The molecule has 2 aromatic carbocycles. The summed E-state index contributed by atoms with van der Waals surface area (Å²) in [6.07, 6.45) is 1.36. The van der Waals surface area contributed by atoms with Crippen LogP contribution >= 0.6 is 0 Å². The van der Waals surface area contributed by atoms with Crippen LogP contribution in [0, 0.1) is 11.3 Å². The SMILES string of the molecule is CCOc1ccc(/C=C(\C#N)C(=O)OCC(=O)Nc2ccccc2C(C)=O)cc1. The number of benzene rings is 2. The summed E-state index contributed by atoms with van der Waals surface area (Å²) in [6, 6.07) is 15.1. The minimum absolute atomic E-state index is 0.206. The van der Waals surface area contributed by atoms with Gasteiger partial charge in [-0.1, -0.05) is 24.3 Å². The average molecular weight is 392 g/mol. The van der Waals surface area contributed by atoms with Crippen molar-refractivity contribution >= 4 is 29.4 Å². The first kappa shape index (κ1) is 21.4. The van der Waals surface area contributed by atoms with Crippen LogP contribution in [0.1, 0.15) is 29.8 Å². The van der Waals surface area contributed by atoms with Gasteiger partial charge in [0.2, 0.25) is 0 Å². The molecule has 0 fully saturated rings. The third-order valence-corrected chi connectivity index (χ3v) is 3.76. The number of nitrogens with one attached hydrogen (secondary N) is 1. The number of anilines is 1. The number of carbonyl (C=O) groups is 3. The Morgan fingerprint density at radius 3 is 2.41 bits per heavy atom. The molecule has 2 rings (SSSR count). The van der Waals surface area contributed by atoms with Crippen LogP contribution in [0.5, 0.6) is 5.75 Å². The Kier molecular flexibility index (Phi) is 7.68. The lowest BCUT2D eigenvalue weighted by Gasteiger charge is -2.09. The molecule has 2 aromatic rings. The van der Waals surface area contributed by atoms with E-state index in [9.17, 15) is 19.6 Å². The molecule has 7 heteroatoms. The fraction of sp³-hybridized carbons (Fsp3) is 0.182. The van der Waals surface area contributed by atoms with Gasteiger partial charge in [-0.15, -0.1) is 0 Å². The Morgan fingerprint density at radius 1 is 1.10 bits per heavy atom. The number of para-hydroxylation sites is 1. The van der Waals surface area contributed by atoms with E-state index in [1.807, 2.05) is 6.92 Å². The van der Waals surface area contributed by atoms with Crippen molar-refractivity contribution in [1.29, 1.82) is 5.26 Å². The number of amides is 1. The fourth-order valence-electron chi connectivity index (χ4n) is 2.42. The number of Topliss-reactive ketones (excluding diaryl/α,β-unsaturated/α-hetero) is 1. The van der Waals surface area contributed by atoms with Gasteiger partial charge in [0.05, 0.1) is 12.3 Å². The van der Waals surface area contributed by atoms with E-state index < -0.39 is 18.5 Å². The van der Waals surface area contributed by atoms with E-state index in [0.717, 1.165) is 0 Å². The van der Waals surface area contributed by atoms with Crippen molar-refractivity contribution in [3.63, 3.8) is 0 Å². The van der Waals surface area contributed by atoms with Crippen LogP contribution in [0.4, 0.5) is 5.69 Å². The summed E-state index contributed by atoms with van der Waals surface area (Å²) in [5.41, 5.74) is 1.04. The van der Waals surface area contributed by atoms with Gasteiger partial charge < -0.3 is 14.8 Å². The van der Waals surface area contributed by atoms with Crippen LogP contribution in [-0.2, 0) is 14.3 Å². The second-order valence-corrected chi connectivity index (χ2v) is 5.90. The number of hydrogen-bond acceptors (Lipinski definition) is 6. The lowest BCUT2D eigenvalue weighted by Crippen LogP contribution is -2.22. The van der Waals surface area contributed by atoms with Crippen LogP contribution in [0.25, 0.3) is 6.08 Å². The molecule has 1 amide bonds. The Hall–Kier alpha value is -3.92. The van der Waals surface area contributed by atoms with E-state index in [0.29, 0.717) is 29.2 Å². The third-order valence-electron chi connectivity index (χ3n) is 3.76. The monoisotopic (exact) mass is 392 g/mol. The molecule has 0 saturated heterocycles. The molecule has 0 atom stereocenters. The highest BCUT2D eigenvalue weighted by Crippen LogP contribution is 2.16. The molecule has 0 heterocycles. The van der Waals surface area contributed by atoms with Crippen molar-refractivity contribution in [3.05, 3.63) is 65.2 Å². The molecule has 0 aliphatic rings. The number of rotatable bonds is 8. The van der Waals surface area contributed by atoms with Gasteiger partial charge in [-0.05, 0) is 49.8 Å². The van der Waals surface area contributed by atoms with Gasteiger partial charge in [-0.25, -0.2) is 4.79 Å². The van der Waals surface area contributed by atoms with E-state index in [1.165, 1.54) is 13.0 Å². The highest BCUT2D eigenvalue weighted by atomic mass is 16.5. The van der Waals surface area contributed by atoms with Crippen LogP contribution in [0.2, 0.25) is 0 Å². The normalized spacial score (nSPS) is 10.6. The molecule has 0 unspecified atom stereocenters. The number of esters is 1. The number of nitrogens with zero attached hydrogens (tertiary/aromatic N) is 1. The molecule has 148 valence electrons. The zero-order valence-corrected chi connectivity index (χ0v) is 16.1. The van der Waals surface area contributed by atoms with Gasteiger partial charge in [-0.2, -0.15) is 5.26 Å². The highest BCUT2D eigenvalue weighted by molar-refractivity contribution is 6.04.